The van der Waals surface area contributed by atoms with Crippen molar-refractivity contribution in [3.8, 4) is 29.5 Å². The smallest absolute Gasteiger partial charge is 0.319 e. The summed E-state index contributed by atoms with van der Waals surface area (Å²) in [6, 6.07) is 6.75. The number of hydrogen-bond donors (Lipinski definition) is 2. The highest BCUT2D eigenvalue weighted by molar-refractivity contribution is 6.05. The predicted molar refractivity (Wildman–Crippen MR) is 165 cm³/mol. The van der Waals surface area contributed by atoms with E-state index in [1.54, 1.807) is 6.07 Å². The third kappa shape index (κ3) is 4.50. The number of nitrogens with zero attached hydrogens (tertiary/aromatic N) is 4. The number of hydrogen-bond acceptors (Lipinski definition) is 7. The molecule has 0 aliphatic carbocycles. The molecule has 45 heavy (non-hydrogen) atoms. The molecule has 4 atom stereocenters. The van der Waals surface area contributed by atoms with Crippen LogP contribution in [0.15, 0.2) is 42.5 Å². The molecule has 4 unspecified atom stereocenters. The molecule has 0 spiro atoms. The third-order valence-electron chi connectivity index (χ3n) is 9.72. The number of anilines is 2. The van der Waals surface area contributed by atoms with Crippen molar-refractivity contribution < 1.29 is 22.3 Å². The monoisotopic (exact) mass is 614 g/mol. The Morgan fingerprint density at radius 2 is 1.82 bits per heavy atom. The van der Waals surface area contributed by atoms with Crippen molar-refractivity contribution >= 4 is 33.2 Å². The van der Waals surface area contributed by atoms with Gasteiger partial charge in [-0.05, 0) is 54.6 Å². The molecule has 2 bridgehead atoms. The molecule has 7 nitrogen and oxygen atoms in total. The molecule has 1 aromatic heterocycles. The highest BCUT2D eigenvalue weighted by Gasteiger charge is 2.49. The maximum Gasteiger partial charge on any atom is 0.319 e. The summed E-state index contributed by atoms with van der Waals surface area (Å²) >= 11 is 0. The van der Waals surface area contributed by atoms with Crippen molar-refractivity contribution in [2.24, 2.45) is 0 Å². The number of rotatable bonds is 5. The third-order valence-corrected chi connectivity index (χ3v) is 9.72. The molecule has 230 valence electrons. The largest absolute Gasteiger partial charge is 0.461 e. The van der Waals surface area contributed by atoms with Gasteiger partial charge in [0.05, 0.1) is 16.5 Å². The van der Waals surface area contributed by atoms with Crippen LogP contribution < -0.4 is 20.7 Å². The van der Waals surface area contributed by atoms with Crippen LogP contribution in [0.5, 0.6) is 6.01 Å². The number of halogens is 4. The van der Waals surface area contributed by atoms with E-state index >= 15 is 8.78 Å². The van der Waals surface area contributed by atoms with Crippen molar-refractivity contribution in [1.82, 2.24) is 20.2 Å². The van der Waals surface area contributed by atoms with Gasteiger partial charge in [0.15, 0.2) is 5.82 Å². The summed E-state index contributed by atoms with van der Waals surface area (Å²) in [5.74, 6) is 0.294. The molecule has 4 aromatic rings. The van der Waals surface area contributed by atoms with E-state index in [-0.39, 0.29) is 69.2 Å². The Labute approximate surface area is 257 Å². The fourth-order valence-electron chi connectivity index (χ4n) is 7.76. The van der Waals surface area contributed by atoms with Gasteiger partial charge in [0.1, 0.15) is 35.7 Å². The van der Waals surface area contributed by atoms with Crippen LogP contribution in [0, 0.1) is 29.8 Å². The summed E-state index contributed by atoms with van der Waals surface area (Å²) in [4.78, 5) is 13.1. The minimum absolute atomic E-state index is 0.0203. The number of nitrogen functional groups attached to an aromatic ring is 1. The number of fused-ring (bicyclic) bond motifs is 5. The number of nitrogens with two attached hydrogens (primary N) is 1. The molecule has 4 aliphatic rings. The van der Waals surface area contributed by atoms with Crippen molar-refractivity contribution in [2.75, 3.05) is 43.4 Å². The molecule has 4 aliphatic heterocycles. The molecule has 3 saturated heterocycles. The molecule has 3 aromatic carbocycles. The zero-order valence-electron chi connectivity index (χ0n) is 24.3. The summed E-state index contributed by atoms with van der Waals surface area (Å²) in [5, 5.41) is 4.07. The van der Waals surface area contributed by atoms with Gasteiger partial charge in [0, 0.05) is 54.8 Å². The molecule has 0 saturated carbocycles. The normalized spacial score (nSPS) is 25.8. The number of alkyl halides is 1. The number of ether oxygens (including phenoxy) is 1. The van der Waals surface area contributed by atoms with Crippen molar-refractivity contribution in [1.29, 1.82) is 0 Å². The summed E-state index contributed by atoms with van der Waals surface area (Å²) in [6.45, 7) is 2.21. The van der Waals surface area contributed by atoms with Gasteiger partial charge in [0.2, 0.25) is 0 Å². The van der Waals surface area contributed by atoms with Crippen LogP contribution >= 0.6 is 0 Å². The zero-order chi connectivity index (χ0) is 31.0. The van der Waals surface area contributed by atoms with Gasteiger partial charge >= 0.3 is 6.01 Å². The van der Waals surface area contributed by atoms with E-state index in [1.807, 2.05) is 4.90 Å². The Bertz CT molecular complexity index is 1950. The lowest BCUT2D eigenvalue weighted by atomic mass is 9.92. The first kappa shape index (κ1) is 28.1. The van der Waals surface area contributed by atoms with Gasteiger partial charge < -0.3 is 20.7 Å². The van der Waals surface area contributed by atoms with Crippen LogP contribution in [-0.2, 0) is 0 Å². The van der Waals surface area contributed by atoms with Crippen LogP contribution in [0.25, 0.3) is 32.8 Å². The zero-order valence-corrected chi connectivity index (χ0v) is 24.3. The fraction of sp³-hybridized carbons (Fsp3) is 0.353. The van der Waals surface area contributed by atoms with Gasteiger partial charge in [-0.3, -0.25) is 4.90 Å². The minimum atomic E-state index is -0.953. The summed E-state index contributed by atoms with van der Waals surface area (Å²) < 4.78 is 68.6. The predicted octanol–water partition coefficient (Wildman–Crippen LogP) is 5.10. The molecule has 3 N–H and O–H groups in total. The molecular weight excluding hydrogens is 584 g/mol. The van der Waals surface area contributed by atoms with Gasteiger partial charge in [-0.1, -0.05) is 24.1 Å². The molecule has 0 radical (unpaired) electrons. The second kappa shape index (κ2) is 10.3. The topological polar surface area (TPSA) is 79.5 Å². The maximum absolute atomic E-state index is 16.8. The Morgan fingerprint density at radius 1 is 1.02 bits per heavy atom. The second-order valence-corrected chi connectivity index (χ2v) is 12.5. The van der Waals surface area contributed by atoms with Gasteiger partial charge in [-0.25, -0.2) is 17.6 Å². The molecule has 3 fully saturated rings. The SMILES string of the molecule is C#Cc1c(F)ccc2cc(N)cc(-c3cc(F)c4c(N5CC6C=CC(C5)N6)nc(OCC56CCCN5CC(F)C6)nc4c3F)c12. The maximum atomic E-state index is 16.8. The van der Waals surface area contributed by atoms with Crippen molar-refractivity contribution in [3.05, 3.63) is 65.5 Å². The average Bonchev–Trinajstić information content (AvgIpc) is 3.67. The highest BCUT2D eigenvalue weighted by Crippen LogP contribution is 2.43. The first-order valence-electron chi connectivity index (χ1n) is 15.1. The van der Waals surface area contributed by atoms with Crippen LogP contribution in [0.4, 0.5) is 29.1 Å². The molecule has 11 heteroatoms. The van der Waals surface area contributed by atoms with Crippen LogP contribution in [0.3, 0.4) is 0 Å². The number of benzene rings is 3. The fourth-order valence-corrected chi connectivity index (χ4v) is 7.76. The van der Waals surface area contributed by atoms with Crippen molar-refractivity contribution in [2.45, 2.75) is 43.1 Å². The Kier molecular flexibility index (Phi) is 6.45. The lowest BCUT2D eigenvalue weighted by Gasteiger charge is -2.35. The van der Waals surface area contributed by atoms with E-state index < -0.39 is 29.2 Å². The number of nitrogens with one attached hydrogen (secondary N) is 1. The first-order valence-corrected chi connectivity index (χ1v) is 15.1. The molecule has 0 amide bonds. The Hall–Kier alpha value is -4.40. The molecular formula is C34H30F4N6O. The van der Waals surface area contributed by atoms with E-state index in [2.05, 4.69) is 38.3 Å². The Balaban J connectivity index is 1.31. The Morgan fingerprint density at radius 3 is 2.60 bits per heavy atom. The van der Waals surface area contributed by atoms with E-state index in [0.717, 1.165) is 25.5 Å². The standard InChI is InChI=1S/C34H30F4N6O/c1-2-23-26(36)7-4-18-10-20(39)11-24(28(18)23)25-12-27(37)29-31(30(25)38)41-33(42-32(29)43-15-21-5-6-22(16-43)40-21)45-17-34-8-3-9-44(34)14-19(35)13-34/h1,4-7,10-12,19,21-22,40H,3,8-9,13-17,39H2. The van der Waals surface area contributed by atoms with E-state index in [1.165, 1.54) is 18.2 Å². The lowest BCUT2D eigenvalue weighted by Crippen LogP contribution is -2.52. The quantitative estimate of drug-likeness (QED) is 0.140. The summed E-state index contributed by atoms with van der Waals surface area (Å²) in [7, 11) is 0. The van der Waals surface area contributed by atoms with Crippen LogP contribution in [0.2, 0.25) is 0 Å². The summed E-state index contributed by atoms with van der Waals surface area (Å²) in [6.07, 6.45) is 10.8. The minimum Gasteiger partial charge on any atom is -0.461 e. The van der Waals surface area contributed by atoms with E-state index in [4.69, 9.17) is 16.9 Å². The molecule has 5 heterocycles. The van der Waals surface area contributed by atoms with Gasteiger partial charge in [-0.15, -0.1) is 6.42 Å². The second-order valence-electron chi connectivity index (χ2n) is 12.5. The average molecular weight is 615 g/mol. The lowest BCUT2D eigenvalue weighted by molar-refractivity contribution is 0.107. The van der Waals surface area contributed by atoms with Crippen LogP contribution in [0.1, 0.15) is 24.8 Å². The molecule has 8 rings (SSSR count). The van der Waals surface area contributed by atoms with Gasteiger partial charge in [0.25, 0.3) is 0 Å². The van der Waals surface area contributed by atoms with Crippen molar-refractivity contribution in [3.63, 3.8) is 0 Å². The number of aromatic nitrogens is 2. The first-order chi connectivity index (χ1) is 21.7. The van der Waals surface area contributed by atoms with E-state index in [0.29, 0.717) is 31.4 Å². The van der Waals surface area contributed by atoms with Crippen LogP contribution in [-0.4, -0.2) is 71.4 Å². The number of terminal acetylenes is 1. The summed E-state index contributed by atoms with van der Waals surface area (Å²) in [5.41, 5.74) is 5.55. The number of piperazine rings is 1. The van der Waals surface area contributed by atoms with Gasteiger partial charge in [-0.2, -0.15) is 9.97 Å². The van der Waals surface area contributed by atoms with E-state index in [9.17, 15) is 8.78 Å². The highest BCUT2D eigenvalue weighted by atomic mass is 19.1.